The van der Waals surface area contributed by atoms with Crippen LogP contribution < -0.4 is 10.2 Å². The molecule has 210 valence electrons. The SMILES string of the molecule is CS(=O)(=O)N[C@H]1CCCCC1N1C(=O)c2ccccc2[C@@H](C(=O)NOCc2ccccn2)[C@@H]1c1ccc(Cl)cc1. The number of nitrogens with one attached hydrogen (secondary N) is 2. The molecular weight excluding hydrogens is 552 g/mol. The fourth-order valence-electron chi connectivity index (χ4n) is 5.80. The predicted octanol–water partition coefficient (Wildman–Crippen LogP) is 4.12. The first-order valence-corrected chi connectivity index (χ1v) is 15.5. The van der Waals surface area contributed by atoms with Crippen molar-refractivity contribution in [2.75, 3.05) is 6.26 Å². The summed E-state index contributed by atoms with van der Waals surface area (Å²) in [4.78, 5) is 39.6. The largest absolute Gasteiger partial charge is 0.326 e. The molecule has 1 aromatic heterocycles. The highest BCUT2D eigenvalue weighted by molar-refractivity contribution is 7.88. The van der Waals surface area contributed by atoms with Gasteiger partial charge in [0.25, 0.3) is 11.8 Å². The summed E-state index contributed by atoms with van der Waals surface area (Å²) in [7, 11) is -3.54. The highest BCUT2D eigenvalue weighted by Gasteiger charge is 2.49. The Bertz CT molecular complexity index is 1470. The van der Waals surface area contributed by atoms with Gasteiger partial charge in [-0.2, -0.15) is 0 Å². The smallest absolute Gasteiger partial charge is 0.255 e. The van der Waals surface area contributed by atoms with Crippen molar-refractivity contribution in [1.29, 1.82) is 0 Å². The maximum Gasteiger partial charge on any atom is 0.255 e. The third kappa shape index (κ3) is 6.20. The van der Waals surface area contributed by atoms with Crippen molar-refractivity contribution < 1.29 is 22.8 Å². The van der Waals surface area contributed by atoms with E-state index in [4.69, 9.17) is 16.4 Å². The molecule has 11 heteroatoms. The van der Waals surface area contributed by atoms with Gasteiger partial charge in [-0.3, -0.25) is 19.4 Å². The maximum absolute atomic E-state index is 14.2. The van der Waals surface area contributed by atoms with Gasteiger partial charge in [-0.05, 0) is 54.3 Å². The topological polar surface area (TPSA) is 118 Å². The van der Waals surface area contributed by atoms with E-state index in [2.05, 4.69) is 15.2 Å². The number of halogens is 1. The average molecular weight is 583 g/mol. The van der Waals surface area contributed by atoms with Gasteiger partial charge in [0, 0.05) is 28.9 Å². The lowest BCUT2D eigenvalue weighted by Gasteiger charge is -2.49. The molecule has 40 heavy (non-hydrogen) atoms. The van der Waals surface area contributed by atoms with Crippen molar-refractivity contribution >= 4 is 33.4 Å². The first kappa shape index (κ1) is 28.2. The molecule has 0 radical (unpaired) electrons. The first-order valence-electron chi connectivity index (χ1n) is 13.2. The van der Waals surface area contributed by atoms with E-state index in [1.54, 1.807) is 71.8 Å². The van der Waals surface area contributed by atoms with Gasteiger partial charge in [-0.15, -0.1) is 0 Å². The Labute approximate surface area is 238 Å². The van der Waals surface area contributed by atoms with Gasteiger partial charge in [0.05, 0.1) is 23.9 Å². The zero-order chi connectivity index (χ0) is 28.3. The van der Waals surface area contributed by atoms with Gasteiger partial charge >= 0.3 is 0 Å². The quantitative estimate of drug-likeness (QED) is 0.386. The summed E-state index contributed by atoms with van der Waals surface area (Å²) in [6, 6.07) is 17.8. The van der Waals surface area contributed by atoms with Crippen molar-refractivity contribution in [2.24, 2.45) is 0 Å². The van der Waals surface area contributed by atoms with Crippen molar-refractivity contribution in [3.8, 4) is 0 Å². The molecule has 2 aromatic carbocycles. The third-order valence-corrected chi connectivity index (χ3v) is 8.42. The number of sulfonamides is 1. The summed E-state index contributed by atoms with van der Waals surface area (Å²) in [5, 5.41) is 0.520. The average Bonchev–Trinajstić information content (AvgIpc) is 2.94. The van der Waals surface area contributed by atoms with Gasteiger partial charge in [0.15, 0.2) is 0 Å². The minimum Gasteiger partial charge on any atom is -0.326 e. The van der Waals surface area contributed by atoms with Crippen LogP contribution in [-0.2, 0) is 26.3 Å². The minimum absolute atomic E-state index is 0.0676. The minimum atomic E-state index is -3.54. The molecular formula is C29H31ClN4O5S. The van der Waals surface area contributed by atoms with Crippen LogP contribution >= 0.6 is 11.6 Å². The number of amides is 2. The Morgan fingerprint density at radius 1 is 1.05 bits per heavy atom. The van der Waals surface area contributed by atoms with E-state index in [9.17, 15) is 18.0 Å². The maximum atomic E-state index is 14.2. The normalized spacial score (nSPS) is 22.9. The van der Waals surface area contributed by atoms with Gasteiger partial charge < -0.3 is 4.90 Å². The fourth-order valence-corrected chi connectivity index (χ4v) is 6.75. The summed E-state index contributed by atoms with van der Waals surface area (Å²) in [6.07, 6.45) is 5.60. The van der Waals surface area contributed by atoms with Crippen molar-refractivity contribution in [2.45, 2.75) is 56.3 Å². The summed E-state index contributed by atoms with van der Waals surface area (Å²) in [6.45, 7) is 0.0676. The molecule has 4 atom stereocenters. The van der Waals surface area contributed by atoms with Crippen LogP contribution in [0.1, 0.15) is 64.8 Å². The molecule has 0 bridgehead atoms. The molecule has 3 aromatic rings. The Morgan fingerprint density at radius 3 is 2.50 bits per heavy atom. The third-order valence-electron chi connectivity index (χ3n) is 7.44. The van der Waals surface area contributed by atoms with Crippen LogP contribution in [0.25, 0.3) is 0 Å². The second-order valence-corrected chi connectivity index (χ2v) is 12.4. The summed E-state index contributed by atoms with van der Waals surface area (Å²) in [5.74, 6) is -1.51. The summed E-state index contributed by atoms with van der Waals surface area (Å²) >= 11 is 6.20. The molecule has 1 unspecified atom stereocenters. The number of fused-ring (bicyclic) bond motifs is 1. The Kier molecular flexibility index (Phi) is 8.51. The van der Waals surface area contributed by atoms with Gasteiger partial charge in [0.1, 0.15) is 6.61 Å². The number of hydrogen-bond donors (Lipinski definition) is 2. The lowest BCUT2D eigenvalue weighted by atomic mass is 9.76. The van der Waals surface area contributed by atoms with Gasteiger partial charge in [-0.25, -0.2) is 18.6 Å². The molecule has 5 rings (SSSR count). The number of benzene rings is 2. The molecule has 2 amide bonds. The fraction of sp³-hybridized carbons (Fsp3) is 0.345. The molecule has 0 spiro atoms. The molecule has 2 aliphatic rings. The van der Waals surface area contributed by atoms with Crippen LogP contribution in [0.3, 0.4) is 0 Å². The van der Waals surface area contributed by atoms with E-state index < -0.39 is 40.0 Å². The van der Waals surface area contributed by atoms with E-state index in [1.807, 2.05) is 6.07 Å². The van der Waals surface area contributed by atoms with E-state index in [0.29, 0.717) is 40.2 Å². The van der Waals surface area contributed by atoms with Crippen LogP contribution in [0.15, 0.2) is 72.9 Å². The number of carbonyl (C=O) groups excluding carboxylic acids is 2. The zero-order valence-corrected chi connectivity index (χ0v) is 23.6. The molecule has 1 aliphatic heterocycles. The van der Waals surface area contributed by atoms with Crippen LogP contribution in [-0.4, -0.2) is 48.5 Å². The molecule has 1 aliphatic carbocycles. The number of carbonyl (C=O) groups is 2. The lowest BCUT2D eigenvalue weighted by Crippen LogP contribution is -2.59. The molecule has 0 saturated heterocycles. The van der Waals surface area contributed by atoms with Gasteiger partial charge in [-0.1, -0.05) is 60.8 Å². The number of rotatable bonds is 8. The first-order chi connectivity index (χ1) is 19.2. The number of nitrogens with zero attached hydrogens (tertiary/aromatic N) is 2. The number of hydrogen-bond acceptors (Lipinski definition) is 6. The second-order valence-electron chi connectivity index (χ2n) is 10.2. The molecule has 2 N–H and O–H groups in total. The number of hydroxylamine groups is 1. The Morgan fingerprint density at radius 2 is 1.77 bits per heavy atom. The highest BCUT2D eigenvalue weighted by Crippen LogP contribution is 2.46. The van der Waals surface area contributed by atoms with E-state index in [-0.39, 0.29) is 12.5 Å². The number of pyridine rings is 1. The zero-order valence-electron chi connectivity index (χ0n) is 22.0. The molecule has 2 heterocycles. The van der Waals surface area contributed by atoms with Crippen LogP contribution in [0.5, 0.6) is 0 Å². The summed E-state index contributed by atoms with van der Waals surface area (Å²) in [5.41, 5.74) is 4.92. The Balaban J connectivity index is 1.57. The van der Waals surface area contributed by atoms with E-state index >= 15 is 0 Å². The standard InChI is InChI=1S/C29H31ClN4O5S/c1-40(37,38)33-24-11-4-5-12-25(24)34-27(19-13-15-20(30)16-14-19)26(22-9-2-3-10-23(22)29(34)36)28(35)32-39-18-21-8-6-7-17-31-21/h2-3,6-10,13-17,24-27,33H,4-5,11-12,18H2,1H3,(H,32,35)/t24-,25?,26+,27-/m0/s1. The monoisotopic (exact) mass is 582 g/mol. The van der Waals surface area contributed by atoms with Crippen LogP contribution in [0, 0.1) is 0 Å². The summed E-state index contributed by atoms with van der Waals surface area (Å²) < 4.78 is 27.3. The molecule has 9 nitrogen and oxygen atoms in total. The number of aromatic nitrogens is 1. The van der Waals surface area contributed by atoms with Gasteiger partial charge in [0.2, 0.25) is 10.0 Å². The van der Waals surface area contributed by atoms with Crippen molar-refractivity contribution in [3.63, 3.8) is 0 Å². The van der Waals surface area contributed by atoms with Crippen LogP contribution in [0.4, 0.5) is 0 Å². The van der Waals surface area contributed by atoms with Crippen molar-refractivity contribution in [1.82, 2.24) is 20.1 Å². The molecule has 1 saturated carbocycles. The van der Waals surface area contributed by atoms with Crippen LogP contribution in [0.2, 0.25) is 5.02 Å². The van der Waals surface area contributed by atoms with E-state index in [1.165, 1.54) is 0 Å². The van der Waals surface area contributed by atoms with Crippen molar-refractivity contribution in [3.05, 3.63) is 100 Å². The second kappa shape index (κ2) is 12.1. The molecule has 1 fully saturated rings. The highest BCUT2D eigenvalue weighted by atomic mass is 35.5. The lowest BCUT2D eigenvalue weighted by molar-refractivity contribution is -0.138. The Hall–Kier alpha value is -3.31. The predicted molar refractivity (Wildman–Crippen MR) is 151 cm³/mol. The van der Waals surface area contributed by atoms with E-state index in [0.717, 1.165) is 19.1 Å².